The van der Waals surface area contributed by atoms with Gasteiger partial charge in [-0.25, -0.2) is 0 Å². The highest BCUT2D eigenvalue weighted by Crippen LogP contribution is 2.43. The lowest BCUT2D eigenvalue weighted by molar-refractivity contribution is -0.140. The number of carbonyl (C=O) groups is 1. The summed E-state index contributed by atoms with van der Waals surface area (Å²) < 4.78 is 47.3. The number of ether oxygens (including phenoxy) is 1. The minimum atomic E-state index is -4.78. The van der Waals surface area contributed by atoms with Gasteiger partial charge >= 0.3 is 6.18 Å². The number of amides is 1. The molecule has 10 heteroatoms. The molecule has 0 aliphatic carbocycles. The summed E-state index contributed by atoms with van der Waals surface area (Å²) in [5.41, 5.74) is 0.465. The van der Waals surface area contributed by atoms with E-state index in [-0.39, 0.29) is 11.3 Å². The number of aryl methyl sites for hydroxylation is 2. The number of hydrogen-bond acceptors (Lipinski definition) is 5. The number of rotatable bonds is 3. The topological polar surface area (TPSA) is 86.5 Å². The normalized spacial score (nSPS) is 15.6. The molecule has 0 saturated carbocycles. The van der Waals surface area contributed by atoms with Crippen molar-refractivity contribution in [2.75, 3.05) is 31.1 Å². The zero-order valence-electron chi connectivity index (χ0n) is 19.8. The van der Waals surface area contributed by atoms with Gasteiger partial charge in [-0.05, 0) is 43.2 Å². The van der Waals surface area contributed by atoms with E-state index in [9.17, 15) is 22.8 Å². The first kappa shape index (κ1) is 23.9. The van der Waals surface area contributed by atoms with Gasteiger partial charge in [-0.1, -0.05) is 24.3 Å². The summed E-state index contributed by atoms with van der Waals surface area (Å²) in [5, 5.41) is 5.95. The van der Waals surface area contributed by atoms with Crippen molar-refractivity contribution in [3.8, 4) is 11.5 Å². The molecule has 0 bridgehead atoms. The van der Waals surface area contributed by atoms with Gasteiger partial charge in [0.15, 0.2) is 0 Å². The zero-order valence-corrected chi connectivity index (χ0v) is 19.8. The second-order valence-electron chi connectivity index (χ2n) is 9.10. The molecule has 5 rings (SSSR count). The second-order valence-corrected chi connectivity index (χ2v) is 9.10. The molecule has 0 radical (unpaired) electrons. The van der Waals surface area contributed by atoms with E-state index in [1.54, 1.807) is 0 Å². The highest BCUT2D eigenvalue weighted by Gasteiger charge is 2.38. The lowest BCUT2D eigenvalue weighted by Crippen LogP contribution is -2.45. The van der Waals surface area contributed by atoms with Gasteiger partial charge < -0.3 is 25.3 Å². The molecule has 3 heterocycles. The molecule has 2 aromatic carbocycles. The van der Waals surface area contributed by atoms with Crippen LogP contribution in [0.3, 0.4) is 0 Å². The molecule has 7 nitrogen and oxygen atoms in total. The molecule has 36 heavy (non-hydrogen) atoms. The maximum atomic E-state index is 13.8. The predicted molar refractivity (Wildman–Crippen MR) is 129 cm³/mol. The molecule has 2 aliphatic rings. The van der Waals surface area contributed by atoms with Crippen LogP contribution in [-0.2, 0) is 6.18 Å². The maximum Gasteiger partial charge on any atom is 0.433 e. The number of nitrogens with zero attached hydrogens (tertiary/aromatic N) is 1. The Labute approximate surface area is 205 Å². The average molecular weight is 499 g/mol. The van der Waals surface area contributed by atoms with E-state index in [0.29, 0.717) is 48.8 Å². The van der Waals surface area contributed by atoms with Crippen LogP contribution >= 0.6 is 0 Å². The molecule has 0 unspecified atom stereocenters. The van der Waals surface area contributed by atoms with E-state index < -0.39 is 29.4 Å². The number of H-pyrrole nitrogens is 1. The standard InChI is InChI=1S/C26H25F3N4O3/c1-14-3-5-16-20(11-14)36-21-12-15(2)4-6-17(21)22(16)31-24(34)18-13-19(33-9-7-30-8-10-33)23(26(27,28)29)32-25(18)35/h3-6,11-13,22,30H,7-10H2,1-2H3,(H,31,34)(H,32,35). The van der Waals surface area contributed by atoms with Crippen molar-refractivity contribution in [2.45, 2.75) is 26.1 Å². The monoisotopic (exact) mass is 498 g/mol. The third-order valence-electron chi connectivity index (χ3n) is 6.46. The van der Waals surface area contributed by atoms with E-state index in [4.69, 9.17) is 4.74 Å². The van der Waals surface area contributed by atoms with Crippen LogP contribution in [0.4, 0.5) is 18.9 Å². The van der Waals surface area contributed by atoms with Crippen molar-refractivity contribution >= 4 is 11.6 Å². The van der Waals surface area contributed by atoms with Crippen molar-refractivity contribution in [1.82, 2.24) is 15.6 Å². The van der Waals surface area contributed by atoms with Gasteiger partial charge in [-0.15, -0.1) is 0 Å². The predicted octanol–water partition coefficient (Wildman–Crippen LogP) is 4.05. The summed E-state index contributed by atoms with van der Waals surface area (Å²) in [6.07, 6.45) is -4.78. The SMILES string of the molecule is Cc1ccc2c(c1)Oc1cc(C)ccc1C2NC(=O)c1cc(N2CCNCC2)c(C(F)(F)F)[nH]c1=O. The van der Waals surface area contributed by atoms with Crippen LogP contribution in [0.2, 0.25) is 0 Å². The Kier molecular flexibility index (Phi) is 5.99. The van der Waals surface area contributed by atoms with Gasteiger partial charge in [0.2, 0.25) is 0 Å². The number of halogens is 3. The van der Waals surface area contributed by atoms with Crippen LogP contribution in [0, 0.1) is 13.8 Å². The van der Waals surface area contributed by atoms with Gasteiger partial charge in [0.25, 0.3) is 11.5 Å². The Hall–Kier alpha value is -3.79. The van der Waals surface area contributed by atoms with Crippen molar-refractivity contribution in [3.63, 3.8) is 0 Å². The summed E-state index contributed by atoms with van der Waals surface area (Å²) in [6, 6.07) is 11.5. The van der Waals surface area contributed by atoms with Gasteiger partial charge in [0, 0.05) is 37.3 Å². The van der Waals surface area contributed by atoms with Crippen molar-refractivity contribution < 1.29 is 22.7 Å². The fourth-order valence-corrected chi connectivity index (χ4v) is 4.65. The Morgan fingerprint density at radius 3 is 2.14 bits per heavy atom. The Balaban J connectivity index is 1.56. The first-order valence-electron chi connectivity index (χ1n) is 11.6. The van der Waals surface area contributed by atoms with Crippen molar-refractivity contribution in [2.24, 2.45) is 0 Å². The number of hydrogen-bond donors (Lipinski definition) is 3. The number of anilines is 1. The van der Waals surface area contributed by atoms with Crippen LogP contribution in [0.25, 0.3) is 0 Å². The highest BCUT2D eigenvalue weighted by atomic mass is 19.4. The fourth-order valence-electron chi connectivity index (χ4n) is 4.65. The van der Waals surface area contributed by atoms with Crippen LogP contribution in [-0.4, -0.2) is 37.1 Å². The van der Waals surface area contributed by atoms with Gasteiger partial charge in [0.1, 0.15) is 22.8 Å². The van der Waals surface area contributed by atoms with Crippen molar-refractivity contribution in [1.29, 1.82) is 0 Å². The van der Waals surface area contributed by atoms with E-state index in [1.165, 1.54) is 4.90 Å². The summed E-state index contributed by atoms with van der Waals surface area (Å²) in [4.78, 5) is 29.6. The average Bonchev–Trinajstić information content (AvgIpc) is 2.83. The molecular formula is C26H25F3N4O3. The molecule has 1 aromatic heterocycles. The maximum absolute atomic E-state index is 13.8. The lowest BCUT2D eigenvalue weighted by Gasteiger charge is -2.32. The van der Waals surface area contributed by atoms with Crippen LogP contribution in [0.5, 0.6) is 11.5 Å². The van der Waals surface area contributed by atoms with E-state index in [0.717, 1.165) is 17.2 Å². The van der Waals surface area contributed by atoms with Crippen LogP contribution in [0.15, 0.2) is 47.3 Å². The molecule has 0 spiro atoms. The van der Waals surface area contributed by atoms with Crippen LogP contribution < -0.4 is 25.8 Å². The van der Waals surface area contributed by atoms with Crippen LogP contribution in [0.1, 0.15) is 44.3 Å². The summed E-state index contributed by atoms with van der Waals surface area (Å²) >= 11 is 0. The summed E-state index contributed by atoms with van der Waals surface area (Å²) in [6.45, 7) is 5.45. The third kappa shape index (κ3) is 4.44. The molecule has 188 valence electrons. The number of aromatic amines is 1. The highest BCUT2D eigenvalue weighted by molar-refractivity contribution is 5.95. The van der Waals surface area contributed by atoms with E-state index in [1.807, 2.05) is 55.2 Å². The van der Waals surface area contributed by atoms with E-state index in [2.05, 4.69) is 10.6 Å². The molecule has 3 N–H and O–H groups in total. The first-order valence-corrected chi connectivity index (χ1v) is 11.6. The number of pyridine rings is 1. The molecule has 2 aliphatic heterocycles. The quantitative estimate of drug-likeness (QED) is 0.508. The number of piperazine rings is 1. The molecule has 1 amide bonds. The second kappa shape index (κ2) is 9.02. The summed E-state index contributed by atoms with van der Waals surface area (Å²) in [7, 11) is 0. The molecular weight excluding hydrogens is 473 g/mol. The number of benzene rings is 2. The number of aromatic nitrogens is 1. The number of alkyl halides is 3. The Morgan fingerprint density at radius 1 is 1.00 bits per heavy atom. The lowest BCUT2D eigenvalue weighted by atomic mass is 9.92. The van der Waals surface area contributed by atoms with Gasteiger partial charge in [0.05, 0.1) is 11.7 Å². The zero-order chi connectivity index (χ0) is 25.6. The van der Waals surface area contributed by atoms with Gasteiger partial charge in [-0.3, -0.25) is 9.59 Å². The molecule has 1 saturated heterocycles. The summed E-state index contributed by atoms with van der Waals surface area (Å²) in [5.74, 6) is 0.369. The number of carbonyl (C=O) groups excluding carboxylic acids is 1. The smallest absolute Gasteiger partial charge is 0.433 e. The number of fused-ring (bicyclic) bond motifs is 2. The molecule has 0 atom stereocenters. The van der Waals surface area contributed by atoms with E-state index >= 15 is 0 Å². The minimum Gasteiger partial charge on any atom is -0.457 e. The Morgan fingerprint density at radius 2 is 1.58 bits per heavy atom. The van der Waals surface area contributed by atoms with Crippen molar-refractivity contribution in [3.05, 3.63) is 86.3 Å². The first-order chi connectivity index (χ1) is 17.1. The molecule has 1 fully saturated rings. The minimum absolute atomic E-state index is 0.215. The van der Waals surface area contributed by atoms with Gasteiger partial charge in [-0.2, -0.15) is 13.2 Å². The third-order valence-corrected chi connectivity index (χ3v) is 6.46. The Bertz CT molecular complexity index is 1340. The largest absolute Gasteiger partial charge is 0.457 e. The fraction of sp³-hybridized carbons (Fsp3) is 0.308. The molecule has 3 aromatic rings. The number of nitrogens with one attached hydrogen (secondary N) is 3.